The minimum Gasteiger partial charge on any atom is -0.367 e. The predicted octanol–water partition coefficient (Wildman–Crippen LogP) is 5.10. The Hall–Kier alpha value is -3.55. The first-order valence-corrected chi connectivity index (χ1v) is 10.3. The van der Waals surface area contributed by atoms with Gasteiger partial charge >= 0.3 is 0 Å². The van der Waals surface area contributed by atoms with Crippen molar-refractivity contribution >= 4 is 33.8 Å². The number of pyridine rings is 1. The highest BCUT2D eigenvalue weighted by Gasteiger charge is 2.07. The lowest BCUT2D eigenvalue weighted by Gasteiger charge is -2.07. The van der Waals surface area contributed by atoms with Crippen LogP contribution >= 0.6 is 11.3 Å². The molecule has 2 aromatic carbocycles. The number of thiazole rings is 1. The van der Waals surface area contributed by atoms with E-state index >= 15 is 0 Å². The number of ether oxygens (including phenoxy) is 1. The Bertz CT molecular complexity index is 1080. The average Bonchev–Trinajstić information content (AvgIpc) is 3.24. The van der Waals surface area contributed by atoms with Gasteiger partial charge in [0.2, 0.25) is 5.91 Å². The van der Waals surface area contributed by atoms with E-state index in [1.165, 1.54) is 11.3 Å². The molecule has 0 saturated heterocycles. The van der Waals surface area contributed by atoms with Crippen LogP contribution in [-0.2, 0) is 16.1 Å². The minimum absolute atomic E-state index is 0.00606. The molecule has 2 aromatic heterocycles. The van der Waals surface area contributed by atoms with Crippen molar-refractivity contribution in [3.63, 3.8) is 0 Å². The van der Waals surface area contributed by atoms with Crippen molar-refractivity contribution in [2.24, 2.45) is 0 Å². The van der Waals surface area contributed by atoms with E-state index in [0.29, 0.717) is 6.61 Å². The van der Waals surface area contributed by atoms with E-state index in [2.05, 4.69) is 20.6 Å². The van der Waals surface area contributed by atoms with Crippen LogP contribution in [0.2, 0.25) is 0 Å². The summed E-state index contributed by atoms with van der Waals surface area (Å²) in [7, 11) is 0. The summed E-state index contributed by atoms with van der Waals surface area (Å²) >= 11 is 1.53. The molecule has 0 radical (unpaired) electrons. The number of carbonyl (C=O) groups excluding carboxylic acids is 1. The van der Waals surface area contributed by atoms with E-state index in [1.807, 2.05) is 72.1 Å². The van der Waals surface area contributed by atoms with Gasteiger partial charge in [0, 0.05) is 22.8 Å². The Labute approximate surface area is 178 Å². The fourth-order valence-corrected chi connectivity index (χ4v) is 3.52. The standard InChI is InChI=1S/C23H20N4O2S/c28-22(15-29-14-17-5-2-1-3-6-17)25-19-10-8-18(9-11-19)21-16-30-23(27-21)26-20-7-4-12-24-13-20/h1-13,16H,14-15H2,(H,25,28)(H,26,27). The molecule has 0 aliphatic heterocycles. The van der Waals surface area contributed by atoms with Crippen LogP contribution < -0.4 is 10.6 Å². The van der Waals surface area contributed by atoms with Crippen LogP contribution in [0, 0.1) is 0 Å². The summed E-state index contributed by atoms with van der Waals surface area (Å²) in [4.78, 5) is 20.8. The van der Waals surface area contributed by atoms with Crippen LogP contribution in [0.1, 0.15) is 5.56 Å². The van der Waals surface area contributed by atoms with Crippen molar-refractivity contribution in [3.8, 4) is 11.3 Å². The Kier molecular flexibility index (Phi) is 6.44. The van der Waals surface area contributed by atoms with E-state index in [0.717, 1.165) is 33.3 Å². The second kappa shape index (κ2) is 9.78. The van der Waals surface area contributed by atoms with Crippen molar-refractivity contribution < 1.29 is 9.53 Å². The molecular weight excluding hydrogens is 396 g/mol. The molecule has 150 valence electrons. The molecular formula is C23H20N4O2S. The van der Waals surface area contributed by atoms with Gasteiger partial charge in [0.25, 0.3) is 0 Å². The molecule has 0 unspecified atom stereocenters. The zero-order valence-corrected chi connectivity index (χ0v) is 16.9. The van der Waals surface area contributed by atoms with Crippen LogP contribution in [0.25, 0.3) is 11.3 Å². The van der Waals surface area contributed by atoms with Crippen LogP contribution in [0.15, 0.2) is 84.5 Å². The van der Waals surface area contributed by atoms with Crippen molar-refractivity contribution in [2.75, 3.05) is 17.2 Å². The van der Waals surface area contributed by atoms with Gasteiger partial charge in [-0.1, -0.05) is 42.5 Å². The molecule has 4 aromatic rings. The van der Waals surface area contributed by atoms with E-state index in [1.54, 1.807) is 12.4 Å². The molecule has 7 heteroatoms. The first-order chi connectivity index (χ1) is 14.8. The maximum atomic E-state index is 12.1. The van der Waals surface area contributed by atoms with Crippen molar-refractivity contribution in [1.29, 1.82) is 0 Å². The highest BCUT2D eigenvalue weighted by atomic mass is 32.1. The van der Waals surface area contributed by atoms with E-state index in [4.69, 9.17) is 4.74 Å². The Morgan fingerprint density at radius 2 is 1.80 bits per heavy atom. The van der Waals surface area contributed by atoms with Crippen molar-refractivity contribution in [3.05, 3.63) is 90.1 Å². The third kappa shape index (κ3) is 5.50. The fourth-order valence-electron chi connectivity index (χ4n) is 2.78. The number of carbonyl (C=O) groups is 1. The molecule has 30 heavy (non-hydrogen) atoms. The predicted molar refractivity (Wildman–Crippen MR) is 120 cm³/mol. The van der Waals surface area contributed by atoms with Gasteiger partial charge in [0.05, 0.1) is 24.2 Å². The van der Waals surface area contributed by atoms with Gasteiger partial charge in [0.15, 0.2) is 5.13 Å². The van der Waals surface area contributed by atoms with Crippen molar-refractivity contribution in [1.82, 2.24) is 9.97 Å². The van der Waals surface area contributed by atoms with Crippen LogP contribution in [0.5, 0.6) is 0 Å². The zero-order chi connectivity index (χ0) is 20.6. The smallest absolute Gasteiger partial charge is 0.250 e. The van der Waals surface area contributed by atoms with Crippen LogP contribution in [0.3, 0.4) is 0 Å². The lowest BCUT2D eigenvalue weighted by atomic mass is 10.1. The fraction of sp³-hybridized carbons (Fsp3) is 0.0870. The summed E-state index contributed by atoms with van der Waals surface area (Å²) in [6.07, 6.45) is 3.48. The summed E-state index contributed by atoms with van der Waals surface area (Å²) in [6, 6.07) is 21.2. The number of amides is 1. The largest absolute Gasteiger partial charge is 0.367 e. The summed E-state index contributed by atoms with van der Waals surface area (Å²) in [6.45, 7) is 0.415. The number of hydrogen-bond donors (Lipinski definition) is 2. The number of anilines is 3. The highest BCUT2D eigenvalue weighted by molar-refractivity contribution is 7.14. The third-order valence-electron chi connectivity index (χ3n) is 4.23. The molecule has 4 rings (SSSR count). The van der Waals surface area contributed by atoms with E-state index in [9.17, 15) is 4.79 Å². The van der Waals surface area contributed by atoms with Gasteiger partial charge in [-0.05, 0) is 29.8 Å². The first-order valence-electron chi connectivity index (χ1n) is 9.41. The molecule has 0 aliphatic rings. The number of rotatable bonds is 8. The van der Waals surface area contributed by atoms with Gasteiger partial charge in [-0.3, -0.25) is 9.78 Å². The number of aromatic nitrogens is 2. The number of nitrogens with zero attached hydrogens (tertiary/aromatic N) is 2. The van der Waals surface area contributed by atoms with Gasteiger partial charge in [-0.2, -0.15) is 0 Å². The average molecular weight is 417 g/mol. The molecule has 0 atom stereocenters. The molecule has 6 nitrogen and oxygen atoms in total. The maximum absolute atomic E-state index is 12.1. The van der Waals surface area contributed by atoms with Crippen LogP contribution in [0.4, 0.5) is 16.5 Å². The lowest BCUT2D eigenvalue weighted by molar-refractivity contribution is -0.121. The molecule has 2 heterocycles. The number of nitrogens with one attached hydrogen (secondary N) is 2. The Morgan fingerprint density at radius 3 is 2.57 bits per heavy atom. The highest BCUT2D eigenvalue weighted by Crippen LogP contribution is 2.27. The normalized spacial score (nSPS) is 10.5. The van der Waals surface area contributed by atoms with E-state index in [-0.39, 0.29) is 12.5 Å². The molecule has 0 fully saturated rings. The topological polar surface area (TPSA) is 76.1 Å². The van der Waals surface area contributed by atoms with Gasteiger partial charge < -0.3 is 15.4 Å². The van der Waals surface area contributed by atoms with Gasteiger partial charge in [0.1, 0.15) is 6.61 Å². The Morgan fingerprint density at radius 1 is 0.967 bits per heavy atom. The van der Waals surface area contributed by atoms with Gasteiger partial charge in [-0.25, -0.2) is 4.98 Å². The van der Waals surface area contributed by atoms with E-state index < -0.39 is 0 Å². The quantitative estimate of drug-likeness (QED) is 0.418. The molecule has 0 aliphatic carbocycles. The summed E-state index contributed by atoms with van der Waals surface area (Å²) in [5.41, 5.74) is 4.50. The second-order valence-corrected chi connectivity index (χ2v) is 7.37. The molecule has 0 spiro atoms. The summed E-state index contributed by atoms with van der Waals surface area (Å²) < 4.78 is 5.47. The molecule has 1 amide bonds. The molecule has 0 bridgehead atoms. The van der Waals surface area contributed by atoms with Gasteiger partial charge in [-0.15, -0.1) is 11.3 Å². The number of hydrogen-bond acceptors (Lipinski definition) is 6. The second-order valence-electron chi connectivity index (χ2n) is 6.51. The lowest BCUT2D eigenvalue weighted by Crippen LogP contribution is -2.18. The van der Waals surface area contributed by atoms with Crippen molar-refractivity contribution in [2.45, 2.75) is 6.61 Å². The third-order valence-corrected chi connectivity index (χ3v) is 4.98. The monoisotopic (exact) mass is 416 g/mol. The minimum atomic E-state index is -0.185. The maximum Gasteiger partial charge on any atom is 0.250 e. The SMILES string of the molecule is O=C(COCc1ccccc1)Nc1ccc(-c2csc(Nc3cccnc3)n2)cc1. The number of benzene rings is 2. The Balaban J connectivity index is 1.29. The van der Waals surface area contributed by atoms with Crippen LogP contribution in [-0.4, -0.2) is 22.5 Å². The summed E-state index contributed by atoms with van der Waals surface area (Å²) in [5, 5.41) is 8.87. The zero-order valence-electron chi connectivity index (χ0n) is 16.1. The first kappa shape index (κ1) is 19.8. The summed E-state index contributed by atoms with van der Waals surface area (Å²) in [5.74, 6) is -0.185. The molecule has 2 N–H and O–H groups in total. The molecule has 0 saturated carbocycles.